The van der Waals surface area contributed by atoms with E-state index >= 15 is 0 Å². The summed E-state index contributed by atoms with van der Waals surface area (Å²) in [7, 11) is 0. The lowest BCUT2D eigenvalue weighted by molar-refractivity contribution is 0.454. The molecule has 1 aromatic rings. The molecule has 0 saturated carbocycles. The highest BCUT2D eigenvalue weighted by Gasteiger charge is 2.46. The Bertz CT molecular complexity index is 540. The lowest BCUT2D eigenvalue weighted by Gasteiger charge is -2.41. The van der Waals surface area contributed by atoms with Crippen molar-refractivity contribution in [1.29, 1.82) is 5.26 Å². The molecule has 100 valence electrons. The number of rotatable bonds is 1. The van der Waals surface area contributed by atoms with Gasteiger partial charge in [-0.05, 0) is 35.9 Å². The van der Waals surface area contributed by atoms with Gasteiger partial charge < -0.3 is 10.2 Å². The van der Waals surface area contributed by atoms with Crippen LogP contribution in [-0.2, 0) is 0 Å². The Kier molecular flexibility index (Phi) is 3.41. The highest BCUT2D eigenvalue weighted by atomic mass is 35.5. The summed E-state index contributed by atoms with van der Waals surface area (Å²) in [5, 5.41) is 13.0. The predicted octanol–water partition coefficient (Wildman–Crippen LogP) is 2.36. The molecule has 2 aliphatic heterocycles. The first kappa shape index (κ1) is 13.2. The third kappa shape index (κ3) is 2.12. The standard InChI is InChI=1S/C11H12ClN5S2/c12-9-14-5-7-8(16-9)17(10(18)15-7)11(6-13)1-3-19-4-2-11/h5,10,15,18H,1-4H2. The zero-order chi connectivity index (χ0) is 13.5. The van der Waals surface area contributed by atoms with Gasteiger partial charge >= 0.3 is 0 Å². The zero-order valence-electron chi connectivity index (χ0n) is 10.0. The normalized spacial score (nSPS) is 24.5. The van der Waals surface area contributed by atoms with Crippen molar-refractivity contribution in [2.24, 2.45) is 0 Å². The molecule has 0 radical (unpaired) electrons. The Morgan fingerprint density at radius 2 is 2.32 bits per heavy atom. The summed E-state index contributed by atoms with van der Waals surface area (Å²) < 4.78 is 0. The van der Waals surface area contributed by atoms with Crippen molar-refractivity contribution in [2.45, 2.75) is 23.9 Å². The van der Waals surface area contributed by atoms with Crippen LogP contribution in [0.4, 0.5) is 11.5 Å². The van der Waals surface area contributed by atoms with E-state index < -0.39 is 5.54 Å². The summed E-state index contributed by atoms with van der Waals surface area (Å²) in [5.74, 6) is 2.62. The molecule has 2 aliphatic rings. The Labute approximate surface area is 126 Å². The van der Waals surface area contributed by atoms with Crippen molar-refractivity contribution in [3.05, 3.63) is 11.5 Å². The van der Waals surface area contributed by atoms with Gasteiger partial charge in [-0.3, -0.25) is 0 Å². The van der Waals surface area contributed by atoms with Crippen LogP contribution in [0.3, 0.4) is 0 Å². The topological polar surface area (TPSA) is 64.8 Å². The van der Waals surface area contributed by atoms with Crippen LogP contribution >= 0.6 is 36.0 Å². The molecule has 5 nitrogen and oxygen atoms in total. The van der Waals surface area contributed by atoms with E-state index in [9.17, 15) is 5.26 Å². The monoisotopic (exact) mass is 313 g/mol. The second kappa shape index (κ2) is 4.93. The number of thioether (sulfide) groups is 1. The Hall–Kier alpha value is -0.840. The third-order valence-electron chi connectivity index (χ3n) is 3.49. The molecule has 8 heteroatoms. The van der Waals surface area contributed by atoms with Crippen LogP contribution in [-0.4, -0.2) is 32.5 Å². The van der Waals surface area contributed by atoms with E-state index in [4.69, 9.17) is 11.6 Å². The van der Waals surface area contributed by atoms with E-state index in [0.717, 1.165) is 30.0 Å². The Morgan fingerprint density at radius 1 is 1.58 bits per heavy atom. The van der Waals surface area contributed by atoms with Gasteiger partial charge in [0.05, 0.1) is 18.0 Å². The first-order valence-corrected chi connectivity index (χ1v) is 7.97. The molecular weight excluding hydrogens is 302 g/mol. The van der Waals surface area contributed by atoms with Gasteiger partial charge in [0.2, 0.25) is 5.28 Å². The van der Waals surface area contributed by atoms with Gasteiger partial charge in [0, 0.05) is 0 Å². The molecule has 0 bridgehead atoms. The summed E-state index contributed by atoms with van der Waals surface area (Å²) in [4.78, 5) is 10.2. The quantitative estimate of drug-likeness (QED) is 0.613. The SMILES string of the molecule is N#CC1(N2c3nc(Cl)ncc3NC2S)CCSCC1. The summed E-state index contributed by atoms with van der Waals surface area (Å²) in [6, 6.07) is 2.47. The fraction of sp³-hybridized carbons (Fsp3) is 0.545. The van der Waals surface area contributed by atoms with E-state index in [1.165, 1.54) is 0 Å². The highest BCUT2D eigenvalue weighted by Crippen LogP contribution is 2.43. The number of anilines is 2. The molecule has 1 unspecified atom stereocenters. The predicted molar refractivity (Wildman–Crippen MR) is 80.8 cm³/mol. The number of aromatic nitrogens is 2. The van der Waals surface area contributed by atoms with Gasteiger partial charge in [-0.2, -0.15) is 22.0 Å². The highest BCUT2D eigenvalue weighted by molar-refractivity contribution is 7.99. The van der Waals surface area contributed by atoms with Crippen molar-refractivity contribution in [3.63, 3.8) is 0 Å². The molecule has 1 fully saturated rings. The van der Waals surface area contributed by atoms with Gasteiger partial charge in [-0.1, -0.05) is 0 Å². The number of thiol groups is 1. The summed E-state index contributed by atoms with van der Waals surface area (Å²) in [5.41, 5.74) is -0.0593. The minimum Gasteiger partial charge on any atom is -0.353 e. The maximum absolute atomic E-state index is 9.68. The molecule has 0 amide bonds. The van der Waals surface area contributed by atoms with E-state index in [-0.39, 0.29) is 10.8 Å². The summed E-state index contributed by atoms with van der Waals surface area (Å²) in [6.45, 7) is 0. The molecule has 0 aromatic carbocycles. The van der Waals surface area contributed by atoms with E-state index in [1.54, 1.807) is 6.20 Å². The van der Waals surface area contributed by atoms with Crippen LogP contribution < -0.4 is 10.2 Å². The second-order valence-corrected chi connectivity index (χ2v) is 6.57. The second-order valence-electron chi connectivity index (χ2n) is 4.52. The van der Waals surface area contributed by atoms with Crippen molar-refractivity contribution in [1.82, 2.24) is 9.97 Å². The molecule has 3 rings (SSSR count). The third-order valence-corrected chi connectivity index (χ3v) is 5.01. The first-order valence-electron chi connectivity index (χ1n) is 5.92. The van der Waals surface area contributed by atoms with Crippen molar-refractivity contribution < 1.29 is 0 Å². The molecule has 1 atom stereocenters. The average Bonchev–Trinajstić information content (AvgIpc) is 2.75. The Morgan fingerprint density at radius 3 is 3.00 bits per heavy atom. The maximum atomic E-state index is 9.68. The van der Waals surface area contributed by atoms with Gasteiger partial charge in [-0.25, -0.2) is 4.98 Å². The number of nitrogens with zero attached hydrogens (tertiary/aromatic N) is 4. The number of fused-ring (bicyclic) bond motifs is 1. The summed E-state index contributed by atoms with van der Waals surface area (Å²) in [6.07, 6.45) is 3.23. The fourth-order valence-electron chi connectivity index (χ4n) is 2.51. The summed E-state index contributed by atoms with van der Waals surface area (Å²) >= 11 is 12.3. The minimum atomic E-state index is -0.562. The molecular formula is C11H12ClN5S2. The van der Waals surface area contributed by atoms with E-state index in [1.807, 2.05) is 16.7 Å². The number of nitrogens with one attached hydrogen (secondary N) is 1. The van der Waals surface area contributed by atoms with Crippen molar-refractivity contribution in [3.8, 4) is 6.07 Å². The molecule has 3 heterocycles. The average molecular weight is 314 g/mol. The number of hydrogen-bond donors (Lipinski definition) is 2. The van der Waals surface area contributed by atoms with Gasteiger partial charge in [0.25, 0.3) is 0 Å². The molecule has 1 saturated heterocycles. The van der Waals surface area contributed by atoms with Crippen molar-refractivity contribution >= 4 is 47.5 Å². The molecule has 0 aliphatic carbocycles. The van der Waals surface area contributed by atoms with E-state index in [2.05, 4.69) is 34.0 Å². The number of hydrogen-bond acceptors (Lipinski definition) is 7. The maximum Gasteiger partial charge on any atom is 0.224 e. The molecule has 1 aromatic heterocycles. The van der Waals surface area contributed by atoms with Crippen LogP contribution in [0.15, 0.2) is 6.20 Å². The van der Waals surface area contributed by atoms with Gasteiger partial charge in [0.15, 0.2) is 5.82 Å². The molecule has 19 heavy (non-hydrogen) atoms. The van der Waals surface area contributed by atoms with E-state index in [0.29, 0.717) is 5.82 Å². The van der Waals surface area contributed by atoms with Crippen LogP contribution in [0.2, 0.25) is 5.28 Å². The number of halogens is 1. The largest absolute Gasteiger partial charge is 0.353 e. The van der Waals surface area contributed by atoms with Crippen LogP contribution in [0, 0.1) is 11.3 Å². The lowest BCUT2D eigenvalue weighted by Crippen LogP contribution is -2.53. The van der Waals surface area contributed by atoms with Crippen molar-refractivity contribution in [2.75, 3.05) is 21.7 Å². The lowest BCUT2D eigenvalue weighted by atomic mass is 9.92. The smallest absolute Gasteiger partial charge is 0.224 e. The van der Waals surface area contributed by atoms with Gasteiger partial charge in [-0.15, -0.1) is 12.6 Å². The van der Waals surface area contributed by atoms with Crippen LogP contribution in [0.5, 0.6) is 0 Å². The van der Waals surface area contributed by atoms with Crippen LogP contribution in [0.25, 0.3) is 0 Å². The number of nitriles is 1. The molecule has 0 spiro atoms. The van der Waals surface area contributed by atoms with Gasteiger partial charge in [0.1, 0.15) is 11.0 Å². The molecule has 1 N–H and O–H groups in total. The zero-order valence-corrected chi connectivity index (χ0v) is 12.5. The fourth-order valence-corrected chi connectivity index (χ4v) is 4.28. The minimum absolute atomic E-state index is 0.186. The van der Waals surface area contributed by atoms with Crippen LogP contribution in [0.1, 0.15) is 12.8 Å². The first-order chi connectivity index (χ1) is 9.16. The Balaban J connectivity index is 2.05.